The third-order valence-corrected chi connectivity index (χ3v) is 6.30. The number of hydrogen-bond acceptors (Lipinski definition) is 8. The fraction of sp³-hybridized carbons (Fsp3) is 0.194. The van der Waals surface area contributed by atoms with Gasteiger partial charge in [0.1, 0.15) is 42.4 Å². The van der Waals surface area contributed by atoms with Gasteiger partial charge in [-0.25, -0.2) is 0 Å². The van der Waals surface area contributed by atoms with E-state index in [0.29, 0.717) is 38.9 Å². The van der Waals surface area contributed by atoms with Gasteiger partial charge in [-0.3, -0.25) is 14.4 Å². The third kappa shape index (κ3) is 8.91. The Hall–Kier alpha value is -5.16. The van der Waals surface area contributed by atoms with E-state index in [1.165, 1.54) is 0 Å². The Balaban J connectivity index is 1.31. The van der Waals surface area contributed by atoms with Crippen molar-refractivity contribution in [1.82, 2.24) is 10.5 Å². The van der Waals surface area contributed by atoms with Gasteiger partial charge in [0.25, 0.3) is 5.91 Å². The molecule has 12 heteroatoms. The third-order valence-electron chi connectivity index (χ3n) is 6.08. The summed E-state index contributed by atoms with van der Waals surface area (Å²) in [7, 11) is 1.56. The summed E-state index contributed by atoms with van der Waals surface area (Å²) in [5.74, 6) is -1.23. The normalized spacial score (nSPS) is 11.1. The summed E-state index contributed by atoms with van der Waals surface area (Å²) in [6, 6.07) is 21.2. The molecule has 0 saturated heterocycles. The van der Waals surface area contributed by atoms with Gasteiger partial charge in [-0.15, -0.1) is 0 Å². The van der Waals surface area contributed by atoms with Crippen molar-refractivity contribution in [3.8, 4) is 17.0 Å². The first-order chi connectivity index (χ1) is 20.7. The molecule has 0 aliphatic rings. The molecular weight excluding hydrogens is 576 g/mol. The van der Waals surface area contributed by atoms with Crippen LogP contribution in [0, 0.1) is 6.92 Å². The molecule has 0 bridgehead atoms. The van der Waals surface area contributed by atoms with Gasteiger partial charge in [-0.1, -0.05) is 53.2 Å². The van der Waals surface area contributed by atoms with Gasteiger partial charge < -0.3 is 29.8 Å². The number of aromatic nitrogens is 1. The zero-order valence-electron chi connectivity index (χ0n) is 23.5. The Bertz CT molecular complexity index is 1620. The average molecular weight is 605 g/mol. The van der Waals surface area contributed by atoms with Crippen LogP contribution in [0.1, 0.15) is 39.2 Å². The van der Waals surface area contributed by atoms with Crippen LogP contribution in [-0.4, -0.2) is 36.1 Å². The maximum absolute atomic E-state index is 13.0. The van der Waals surface area contributed by atoms with Crippen molar-refractivity contribution in [2.75, 3.05) is 7.11 Å². The fourth-order valence-electron chi connectivity index (χ4n) is 3.99. The Morgan fingerprint density at radius 1 is 0.930 bits per heavy atom. The summed E-state index contributed by atoms with van der Waals surface area (Å²) in [5.41, 5.74) is 9.25. The highest BCUT2D eigenvalue weighted by molar-refractivity contribution is 6.30. The highest BCUT2D eigenvalue weighted by Crippen LogP contribution is 2.27. The van der Waals surface area contributed by atoms with Gasteiger partial charge in [-0.05, 0) is 60.0 Å². The summed E-state index contributed by atoms with van der Waals surface area (Å²) in [4.78, 5) is 41.0. The highest BCUT2D eigenvalue weighted by Gasteiger charge is 2.22. The number of nitrogens with two attached hydrogens (primary N) is 1. The van der Waals surface area contributed by atoms with Gasteiger partial charge in [0, 0.05) is 17.1 Å². The van der Waals surface area contributed by atoms with Crippen LogP contribution in [0.3, 0.4) is 0 Å². The lowest BCUT2D eigenvalue weighted by Crippen LogP contribution is -2.32. The fourth-order valence-corrected chi connectivity index (χ4v) is 4.27. The van der Waals surface area contributed by atoms with Crippen molar-refractivity contribution in [3.63, 3.8) is 0 Å². The number of aryl methyl sites for hydroxylation is 1. The van der Waals surface area contributed by atoms with E-state index in [4.69, 9.17) is 36.1 Å². The van der Waals surface area contributed by atoms with Crippen LogP contribution in [0.25, 0.3) is 11.3 Å². The summed E-state index contributed by atoms with van der Waals surface area (Å²) in [5, 5.41) is 7.27. The van der Waals surface area contributed by atoms with E-state index in [1.807, 2.05) is 30.3 Å². The highest BCUT2D eigenvalue weighted by atomic mass is 35.5. The van der Waals surface area contributed by atoms with Crippen molar-refractivity contribution in [1.29, 1.82) is 0 Å². The predicted octanol–water partition coefficient (Wildman–Crippen LogP) is 4.73. The minimum atomic E-state index is -0.731. The lowest BCUT2D eigenvalue weighted by atomic mass is 10.1. The molecule has 0 atom stereocenters. The number of ether oxygens (including phenoxy) is 3. The van der Waals surface area contributed by atoms with Gasteiger partial charge in [0.05, 0.1) is 7.11 Å². The largest absolute Gasteiger partial charge is 0.497 e. The average Bonchev–Trinajstić information content (AvgIpc) is 3.39. The first-order valence-corrected chi connectivity index (χ1v) is 13.5. The number of carbonyl (C=O) groups is 3. The topological polar surface area (TPSA) is 155 Å². The monoisotopic (exact) mass is 604 g/mol. The standard InChI is InChI=1S/C31H29ClN4O7/c1-19-28(29(36-43-19)23-8-10-25(40-2)11-9-23)30(39)35-31(33)34-16-21-12-22(14-24(32)13-21)18-42-27(38)15-26(37)41-17-20-6-4-3-5-7-20/h3-14H,15-18H2,1-2H3,(H3,33,34,35,39). The molecule has 1 heterocycles. The van der Waals surface area contributed by atoms with Crippen molar-refractivity contribution in [2.45, 2.75) is 33.1 Å². The number of nitrogens with one attached hydrogen (secondary N) is 1. The Kier molecular flexibility index (Phi) is 10.5. The summed E-state index contributed by atoms with van der Waals surface area (Å²) in [6.07, 6.45) is -0.519. The molecule has 0 aliphatic heterocycles. The molecule has 222 valence electrons. The number of halogens is 1. The predicted molar refractivity (Wildman–Crippen MR) is 158 cm³/mol. The quantitative estimate of drug-likeness (QED) is 0.106. The minimum absolute atomic E-state index is 0.0675. The SMILES string of the molecule is COc1ccc(-c2noc(C)c2C(=O)/N=C(/N)NCc2cc(Cl)cc(COC(=O)CC(=O)OCc3ccccc3)c2)cc1. The summed E-state index contributed by atoms with van der Waals surface area (Å²) < 4.78 is 20.7. The van der Waals surface area contributed by atoms with Crippen LogP contribution in [0.15, 0.2) is 82.3 Å². The number of esters is 2. The molecule has 3 N–H and O–H groups in total. The molecule has 11 nitrogen and oxygen atoms in total. The maximum Gasteiger partial charge on any atom is 0.317 e. The van der Waals surface area contributed by atoms with Crippen molar-refractivity contribution >= 4 is 35.4 Å². The smallest absolute Gasteiger partial charge is 0.317 e. The number of nitrogens with zero attached hydrogens (tertiary/aromatic N) is 2. The molecular formula is C31H29ClN4O7. The molecule has 4 aromatic rings. The molecule has 0 aliphatic carbocycles. The number of guanidine groups is 1. The van der Waals surface area contributed by atoms with Gasteiger partial charge >= 0.3 is 11.9 Å². The molecule has 3 aromatic carbocycles. The number of hydrogen-bond donors (Lipinski definition) is 2. The second-order valence-corrected chi connectivity index (χ2v) is 9.73. The number of aliphatic imine (C=N–C) groups is 1. The molecule has 0 fully saturated rings. The van der Waals surface area contributed by atoms with Gasteiger partial charge in [-0.2, -0.15) is 4.99 Å². The van der Waals surface area contributed by atoms with Crippen LogP contribution < -0.4 is 15.8 Å². The van der Waals surface area contributed by atoms with E-state index >= 15 is 0 Å². The van der Waals surface area contributed by atoms with E-state index in [9.17, 15) is 14.4 Å². The maximum atomic E-state index is 13.0. The number of methoxy groups -OCH3 is 1. The Morgan fingerprint density at radius 3 is 2.26 bits per heavy atom. The van der Waals surface area contributed by atoms with Crippen LogP contribution in [0.2, 0.25) is 5.02 Å². The first-order valence-electron chi connectivity index (χ1n) is 13.1. The molecule has 43 heavy (non-hydrogen) atoms. The number of carbonyl (C=O) groups excluding carboxylic acids is 3. The summed E-state index contributed by atoms with van der Waals surface area (Å²) in [6.45, 7) is 1.74. The van der Waals surface area contributed by atoms with Crippen molar-refractivity contribution in [3.05, 3.63) is 106 Å². The van der Waals surface area contributed by atoms with Crippen molar-refractivity contribution < 1.29 is 33.1 Å². The molecule has 0 saturated carbocycles. The van der Waals surface area contributed by atoms with Gasteiger partial charge in [0.2, 0.25) is 0 Å². The minimum Gasteiger partial charge on any atom is -0.497 e. The van der Waals surface area contributed by atoms with Crippen LogP contribution >= 0.6 is 11.6 Å². The lowest BCUT2D eigenvalue weighted by molar-refractivity contribution is -0.156. The second-order valence-electron chi connectivity index (χ2n) is 9.30. The number of amides is 1. The van der Waals surface area contributed by atoms with Crippen LogP contribution in [0.4, 0.5) is 0 Å². The van der Waals surface area contributed by atoms with E-state index in [1.54, 1.807) is 56.5 Å². The number of rotatable bonds is 11. The molecule has 1 amide bonds. The first kappa shape index (κ1) is 30.8. The van der Waals surface area contributed by atoms with Gasteiger partial charge in [0.15, 0.2) is 5.96 Å². The molecule has 0 spiro atoms. The Morgan fingerprint density at radius 2 is 1.58 bits per heavy atom. The van der Waals surface area contributed by atoms with Crippen LogP contribution in [-0.2, 0) is 38.8 Å². The molecule has 0 unspecified atom stereocenters. The summed E-state index contributed by atoms with van der Waals surface area (Å²) >= 11 is 6.25. The van der Waals surface area contributed by atoms with Crippen LogP contribution in [0.5, 0.6) is 5.75 Å². The second kappa shape index (κ2) is 14.6. The lowest BCUT2D eigenvalue weighted by Gasteiger charge is -2.10. The molecule has 1 aromatic heterocycles. The zero-order chi connectivity index (χ0) is 30.8. The van der Waals surface area contributed by atoms with E-state index in [2.05, 4.69) is 15.5 Å². The van der Waals surface area contributed by atoms with E-state index < -0.39 is 24.3 Å². The van der Waals surface area contributed by atoms with E-state index in [0.717, 1.165) is 5.56 Å². The van der Waals surface area contributed by atoms with Crippen molar-refractivity contribution in [2.24, 2.45) is 10.7 Å². The molecule has 4 rings (SSSR count). The Labute approximate surface area is 252 Å². The molecule has 0 radical (unpaired) electrons. The zero-order valence-corrected chi connectivity index (χ0v) is 24.2. The number of benzene rings is 3. The van der Waals surface area contributed by atoms with E-state index in [-0.39, 0.29) is 31.3 Å².